The Hall–Kier alpha value is -0.870. The van der Waals surface area contributed by atoms with Crippen molar-refractivity contribution in [2.75, 3.05) is 32.1 Å². The molecule has 1 aliphatic rings. The lowest BCUT2D eigenvalue weighted by atomic mass is 10.0. The molecule has 0 saturated carbocycles. The summed E-state index contributed by atoms with van der Waals surface area (Å²) in [6, 6.07) is 0.594. The highest BCUT2D eigenvalue weighted by Gasteiger charge is 2.23. The third-order valence-electron chi connectivity index (χ3n) is 3.34. The van der Waals surface area contributed by atoms with E-state index in [1.807, 2.05) is 6.92 Å². The molecule has 1 saturated heterocycles. The minimum absolute atomic E-state index is 0.331. The molecule has 2 heterocycles. The molecule has 0 aromatic carbocycles. The van der Waals surface area contributed by atoms with Crippen molar-refractivity contribution in [3.63, 3.8) is 0 Å². The van der Waals surface area contributed by atoms with Crippen molar-refractivity contribution < 1.29 is 0 Å². The molecule has 0 radical (unpaired) electrons. The summed E-state index contributed by atoms with van der Waals surface area (Å²) in [5, 5.41) is 0.331. The fourth-order valence-corrected chi connectivity index (χ4v) is 2.43. The molecule has 0 spiro atoms. The molecular formula is C12H19ClN4. The maximum atomic E-state index is 5.88. The van der Waals surface area contributed by atoms with Gasteiger partial charge in [-0.3, -0.25) is 0 Å². The lowest BCUT2D eigenvalue weighted by Crippen LogP contribution is -2.45. The van der Waals surface area contributed by atoms with E-state index in [2.05, 4.69) is 33.9 Å². The predicted octanol–water partition coefficient (Wildman–Crippen LogP) is 1.97. The third-order valence-corrected chi connectivity index (χ3v) is 3.52. The van der Waals surface area contributed by atoms with Gasteiger partial charge in [0.15, 0.2) is 0 Å². The zero-order chi connectivity index (χ0) is 12.4. The Kier molecular flexibility index (Phi) is 3.84. The molecule has 1 fully saturated rings. The van der Waals surface area contributed by atoms with Gasteiger partial charge in [0.25, 0.3) is 0 Å². The fraction of sp³-hybridized carbons (Fsp3) is 0.667. The Bertz CT molecular complexity index is 394. The van der Waals surface area contributed by atoms with Crippen LogP contribution in [0.3, 0.4) is 0 Å². The lowest BCUT2D eigenvalue weighted by Gasteiger charge is -2.37. The van der Waals surface area contributed by atoms with Crippen LogP contribution in [0.5, 0.6) is 0 Å². The summed E-state index contributed by atoms with van der Waals surface area (Å²) in [7, 11) is 4.27. The highest BCUT2D eigenvalue weighted by molar-refractivity contribution is 6.28. The Morgan fingerprint density at radius 2 is 2.24 bits per heavy atom. The minimum atomic E-state index is 0.331. The quantitative estimate of drug-likeness (QED) is 0.756. The number of aryl methyl sites for hydroxylation is 1. The number of hydrogen-bond donors (Lipinski definition) is 0. The number of halogens is 1. The second-order valence-corrected chi connectivity index (χ2v) is 5.19. The molecular weight excluding hydrogens is 236 g/mol. The fourth-order valence-electron chi connectivity index (χ4n) is 2.30. The first-order valence-corrected chi connectivity index (χ1v) is 6.36. The van der Waals surface area contributed by atoms with E-state index in [0.29, 0.717) is 11.3 Å². The van der Waals surface area contributed by atoms with E-state index < -0.39 is 0 Å². The number of hydrogen-bond acceptors (Lipinski definition) is 4. The van der Waals surface area contributed by atoms with Crippen LogP contribution in [0.2, 0.25) is 5.28 Å². The van der Waals surface area contributed by atoms with Gasteiger partial charge in [-0.1, -0.05) is 0 Å². The smallest absolute Gasteiger partial charge is 0.224 e. The summed E-state index contributed by atoms with van der Waals surface area (Å²) in [4.78, 5) is 13.0. The van der Waals surface area contributed by atoms with Crippen LogP contribution in [0.15, 0.2) is 6.20 Å². The van der Waals surface area contributed by atoms with Gasteiger partial charge in [0, 0.05) is 30.9 Å². The van der Waals surface area contributed by atoms with Crippen LogP contribution in [0, 0.1) is 6.92 Å². The molecule has 4 nitrogen and oxygen atoms in total. The van der Waals surface area contributed by atoms with Gasteiger partial charge in [-0.05, 0) is 45.5 Å². The van der Waals surface area contributed by atoms with Gasteiger partial charge in [0.1, 0.15) is 5.82 Å². The van der Waals surface area contributed by atoms with E-state index >= 15 is 0 Å². The zero-order valence-electron chi connectivity index (χ0n) is 10.6. The monoisotopic (exact) mass is 254 g/mol. The van der Waals surface area contributed by atoms with Crippen LogP contribution in [0.1, 0.15) is 18.4 Å². The summed E-state index contributed by atoms with van der Waals surface area (Å²) < 4.78 is 0. The molecule has 94 valence electrons. The standard InChI is InChI=1S/C12H19ClN4/c1-9-7-14-12(13)15-11(9)17-6-4-5-10(8-17)16(2)3/h7,10H,4-6,8H2,1-3H3. The first-order chi connectivity index (χ1) is 8.08. The normalized spacial score (nSPS) is 21.0. The van der Waals surface area contributed by atoms with Gasteiger partial charge in [-0.25, -0.2) is 9.97 Å². The van der Waals surface area contributed by atoms with Crippen molar-refractivity contribution in [1.82, 2.24) is 14.9 Å². The number of rotatable bonds is 2. The lowest BCUT2D eigenvalue weighted by molar-refractivity contribution is 0.257. The molecule has 17 heavy (non-hydrogen) atoms. The van der Waals surface area contributed by atoms with Crippen molar-refractivity contribution in [1.29, 1.82) is 0 Å². The van der Waals surface area contributed by atoms with Gasteiger partial charge in [-0.15, -0.1) is 0 Å². The van der Waals surface area contributed by atoms with Crippen molar-refractivity contribution in [2.45, 2.75) is 25.8 Å². The molecule has 0 aliphatic carbocycles. The highest BCUT2D eigenvalue weighted by atomic mass is 35.5. The van der Waals surface area contributed by atoms with Gasteiger partial charge in [0.2, 0.25) is 5.28 Å². The summed E-state index contributed by atoms with van der Waals surface area (Å²) in [5.41, 5.74) is 1.09. The zero-order valence-corrected chi connectivity index (χ0v) is 11.4. The molecule has 5 heteroatoms. The van der Waals surface area contributed by atoms with E-state index in [1.165, 1.54) is 12.8 Å². The van der Waals surface area contributed by atoms with Crippen LogP contribution in [-0.4, -0.2) is 48.1 Å². The van der Waals surface area contributed by atoms with Crippen molar-refractivity contribution >= 4 is 17.4 Å². The second kappa shape index (κ2) is 5.19. The molecule has 0 N–H and O–H groups in total. The van der Waals surface area contributed by atoms with Gasteiger partial charge in [0.05, 0.1) is 0 Å². The minimum Gasteiger partial charge on any atom is -0.355 e. The van der Waals surface area contributed by atoms with Gasteiger partial charge < -0.3 is 9.80 Å². The second-order valence-electron chi connectivity index (χ2n) is 4.85. The predicted molar refractivity (Wildman–Crippen MR) is 70.7 cm³/mol. The topological polar surface area (TPSA) is 32.3 Å². The number of piperidine rings is 1. The van der Waals surface area contributed by atoms with E-state index in [0.717, 1.165) is 24.5 Å². The number of aromatic nitrogens is 2. The Labute approximate surface area is 108 Å². The average Bonchev–Trinajstić information content (AvgIpc) is 2.32. The SMILES string of the molecule is Cc1cnc(Cl)nc1N1CCCC(N(C)C)C1. The van der Waals surface area contributed by atoms with Crippen molar-refractivity contribution in [3.05, 3.63) is 17.0 Å². The Balaban J connectivity index is 2.18. The first-order valence-electron chi connectivity index (χ1n) is 5.98. The van der Waals surface area contributed by atoms with Crippen LogP contribution < -0.4 is 4.90 Å². The van der Waals surface area contributed by atoms with E-state index in [1.54, 1.807) is 6.20 Å². The largest absolute Gasteiger partial charge is 0.355 e. The van der Waals surface area contributed by atoms with Crippen LogP contribution in [-0.2, 0) is 0 Å². The van der Waals surface area contributed by atoms with Crippen LogP contribution in [0.25, 0.3) is 0 Å². The Morgan fingerprint density at radius 1 is 1.47 bits per heavy atom. The van der Waals surface area contributed by atoms with Crippen LogP contribution >= 0.6 is 11.6 Å². The van der Waals surface area contributed by atoms with Crippen LogP contribution in [0.4, 0.5) is 5.82 Å². The summed E-state index contributed by atoms with van der Waals surface area (Å²) >= 11 is 5.88. The third kappa shape index (κ3) is 2.87. The maximum absolute atomic E-state index is 5.88. The molecule has 2 rings (SSSR count). The summed E-state index contributed by atoms with van der Waals surface area (Å²) in [6.07, 6.45) is 4.25. The van der Waals surface area contributed by atoms with Gasteiger partial charge in [-0.2, -0.15) is 0 Å². The molecule has 0 bridgehead atoms. The first kappa shape index (κ1) is 12.6. The van der Waals surface area contributed by atoms with E-state index in [-0.39, 0.29) is 0 Å². The summed E-state index contributed by atoms with van der Waals surface area (Å²) in [6.45, 7) is 4.10. The average molecular weight is 255 g/mol. The Morgan fingerprint density at radius 3 is 2.94 bits per heavy atom. The maximum Gasteiger partial charge on any atom is 0.224 e. The molecule has 1 atom stereocenters. The molecule has 1 aromatic rings. The molecule has 1 unspecified atom stereocenters. The summed E-state index contributed by atoms with van der Waals surface area (Å²) in [5.74, 6) is 0.983. The molecule has 1 aromatic heterocycles. The van der Waals surface area contributed by atoms with E-state index in [4.69, 9.17) is 11.6 Å². The molecule has 0 amide bonds. The number of anilines is 1. The van der Waals surface area contributed by atoms with Crippen molar-refractivity contribution in [2.24, 2.45) is 0 Å². The number of likely N-dealkylation sites (N-methyl/N-ethyl adjacent to an activating group) is 1. The van der Waals surface area contributed by atoms with Crippen molar-refractivity contribution in [3.8, 4) is 0 Å². The highest BCUT2D eigenvalue weighted by Crippen LogP contribution is 2.23. The van der Waals surface area contributed by atoms with Gasteiger partial charge >= 0.3 is 0 Å². The van der Waals surface area contributed by atoms with E-state index in [9.17, 15) is 0 Å². The molecule has 1 aliphatic heterocycles. The number of nitrogens with zero attached hydrogens (tertiary/aromatic N) is 4.